The lowest BCUT2D eigenvalue weighted by atomic mass is 9.97. The monoisotopic (exact) mass is 252 g/mol. The van der Waals surface area contributed by atoms with Crippen molar-refractivity contribution in [3.05, 3.63) is 28.8 Å². The fourth-order valence-electron chi connectivity index (χ4n) is 2.17. The van der Waals surface area contributed by atoms with Gasteiger partial charge >= 0.3 is 0 Å². The SMILES string of the molecule is Cc1cccc(Cl)c1NC(=O)C1CNCC1C. The van der Waals surface area contributed by atoms with Gasteiger partial charge in [0.15, 0.2) is 0 Å². The molecule has 92 valence electrons. The minimum Gasteiger partial charge on any atom is -0.324 e. The Morgan fingerprint density at radius 2 is 2.24 bits per heavy atom. The van der Waals surface area contributed by atoms with Crippen molar-refractivity contribution in [3.63, 3.8) is 0 Å². The van der Waals surface area contributed by atoms with Gasteiger partial charge in [0.25, 0.3) is 0 Å². The molecule has 1 fully saturated rings. The van der Waals surface area contributed by atoms with E-state index in [2.05, 4.69) is 17.6 Å². The molecule has 0 radical (unpaired) electrons. The molecule has 17 heavy (non-hydrogen) atoms. The van der Waals surface area contributed by atoms with Gasteiger partial charge in [-0.1, -0.05) is 30.7 Å². The Labute approximate surface area is 107 Å². The third kappa shape index (κ3) is 2.61. The van der Waals surface area contributed by atoms with Crippen LogP contribution in [-0.2, 0) is 4.79 Å². The smallest absolute Gasteiger partial charge is 0.229 e. The molecule has 3 nitrogen and oxygen atoms in total. The van der Waals surface area contributed by atoms with Gasteiger partial charge in [-0.05, 0) is 31.0 Å². The fourth-order valence-corrected chi connectivity index (χ4v) is 2.44. The van der Waals surface area contributed by atoms with Crippen molar-refractivity contribution < 1.29 is 4.79 Å². The first kappa shape index (κ1) is 12.4. The number of halogens is 1. The van der Waals surface area contributed by atoms with E-state index in [0.29, 0.717) is 10.9 Å². The number of anilines is 1. The number of hydrogen-bond donors (Lipinski definition) is 2. The maximum atomic E-state index is 12.1. The summed E-state index contributed by atoms with van der Waals surface area (Å²) < 4.78 is 0. The number of hydrogen-bond acceptors (Lipinski definition) is 2. The first-order chi connectivity index (χ1) is 8.09. The van der Waals surface area contributed by atoms with Gasteiger partial charge in [0.05, 0.1) is 16.6 Å². The lowest BCUT2D eigenvalue weighted by Crippen LogP contribution is -2.28. The maximum Gasteiger partial charge on any atom is 0.229 e. The second-order valence-electron chi connectivity index (χ2n) is 4.66. The van der Waals surface area contributed by atoms with Crippen LogP contribution in [0.3, 0.4) is 0 Å². The number of para-hydroxylation sites is 1. The molecule has 0 bridgehead atoms. The molecule has 0 aromatic heterocycles. The van der Waals surface area contributed by atoms with E-state index >= 15 is 0 Å². The molecule has 1 aromatic rings. The Balaban J connectivity index is 2.13. The third-order valence-electron chi connectivity index (χ3n) is 3.32. The highest BCUT2D eigenvalue weighted by Gasteiger charge is 2.29. The third-order valence-corrected chi connectivity index (χ3v) is 3.64. The van der Waals surface area contributed by atoms with Gasteiger partial charge in [0.1, 0.15) is 0 Å². The van der Waals surface area contributed by atoms with Gasteiger partial charge in [-0.15, -0.1) is 0 Å². The Bertz CT molecular complexity index is 413. The van der Waals surface area contributed by atoms with E-state index in [9.17, 15) is 4.79 Å². The molecule has 1 heterocycles. The van der Waals surface area contributed by atoms with Crippen molar-refractivity contribution in [2.24, 2.45) is 11.8 Å². The lowest BCUT2D eigenvalue weighted by Gasteiger charge is -2.16. The van der Waals surface area contributed by atoms with Gasteiger partial charge < -0.3 is 10.6 Å². The number of rotatable bonds is 2. The van der Waals surface area contributed by atoms with E-state index in [1.165, 1.54) is 0 Å². The molecule has 2 rings (SSSR count). The van der Waals surface area contributed by atoms with Gasteiger partial charge in [-0.3, -0.25) is 4.79 Å². The average Bonchev–Trinajstić information content (AvgIpc) is 2.70. The number of amides is 1. The van der Waals surface area contributed by atoms with E-state index in [-0.39, 0.29) is 11.8 Å². The van der Waals surface area contributed by atoms with Gasteiger partial charge in [-0.25, -0.2) is 0 Å². The van der Waals surface area contributed by atoms with E-state index in [1.54, 1.807) is 6.07 Å². The highest BCUT2D eigenvalue weighted by Crippen LogP contribution is 2.27. The molecule has 2 N–H and O–H groups in total. The molecule has 1 saturated heterocycles. The van der Waals surface area contributed by atoms with Crippen LogP contribution in [0.4, 0.5) is 5.69 Å². The van der Waals surface area contributed by atoms with Crippen LogP contribution in [0.2, 0.25) is 5.02 Å². The van der Waals surface area contributed by atoms with Crippen molar-refractivity contribution in [1.29, 1.82) is 0 Å². The van der Waals surface area contributed by atoms with Crippen LogP contribution < -0.4 is 10.6 Å². The summed E-state index contributed by atoms with van der Waals surface area (Å²) in [5.41, 5.74) is 1.72. The van der Waals surface area contributed by atoms with Crippen molar-refractivity contribution in [1.82, 2.24) is 5.32 Å². The minimum absolute atomic E-state index is 0.0330. The quantitative estimate of drug-likeness (QED) is 0.849. The summed E-state index contributed by atoms with van der Waals surface area (Å²) in [6, 6.07) is 5.62. The molecular weight excluding hydrogens is 236 g/mol. The predicted molar refractivity (Wildman–Crippen MR) is 70.3 cm³/mol. The number of aryl methyl sites for hydroxylation is 1. The van der Waals surface area contributed by atoms with Crippen LogP contribution >= 0.6 is 11.6 Å². The number of carbonyl (C=O) groups excluding carboxylic acids is 1. The summed E-state index contributed by atoms with van der Waals surface area (Å²) in [6.07, 6.45) is 0. The van der Waals surface area contributed by atoms with Crippen LogP contribution in [0, 0.1) is 18.8 Å². The molecule has 1 aliphatic heterocycles. The second kappa shape index (κ2) is 5.07. The van der Waals surface area contributed by atoms with Crippen LogP contribution in [-0.4, -0.2) is 19.0 Å². The number of carbonyl (C=O) groups is 1. The minimum atomic E-state index is 0.0330. The van der Waals surface area contributed by atoms with Crippen LogP contribution in [0.5, 0.6) is 0 Å². The van der Waals surface area contributed by atoms with Crippen LogP contribution in [0.1, 0.15) is 12.5 Å². The van der Waals surface area contributed by atoms with Gasteiger partial charge in [-0.2, -0.15) is 0 Å². The van der Waals surface area contributed by atoms with E-state index in [4.69, 9.17) is 11.6 Å². The highest BCUT2D eigenvalue weighted by molar-refractivity contribution is 6.33. The standard InChI is InChI=1S/C13H17ClN2O/c1-8-4-3-5-11(14)12(8)16-13(17)10-7-15-6-9(10)2/h3-5,9-10,15H,6-7H2,1-2H3,(H,16,17). The number of nitrogens with one attached hydrogen (secondary N) is 2. The van der Waals surface area contributed by atoms with E-state index in [0.717, 1.165) is 24.3 Å². The van der Waals surface area contributed by atoms with Gasteiger partial charge in [0, 0.05) is 6.54 Å². The second-order valence-corrected chi connectivity index (χ2v) is 5.07. The Kier molecular flexibility index (Phi) is 3.69. The first-order valence-corrected chi connectivity index (χ1v) is 6.24. The zero-order valence-electron chi connectivity index (χ0n) is 10.1. The van der Waals surface area contributed by atoms with Crippen molar-refractivity contribution in [2.45, 2.75) is 13.8 Å². The summed E-state index contributed by atoms with van der Waals surface area (Å²) >= 11 is 6.09. The summed E-state index contributed by atoms with van der Waals surface area (Å²) in [7, 11) is 0. The maximum absolute atomic E-state index is 12.1. The van der Waals surface area contributed by atoms with Crippen LogP contribution in [0.15, 0.2) is 18.2 Å². The molecule has 4 heteroatoms. The molecular formula is C13H17ClN2O. The summed E-state index contributed by atoms with van der Waals surface area (Å²) in [5, 5.41) is 6.76. The Morgan fingerprint density at radius 1 is 1.47 bits per heavy atom. The molecule has 1 aliphatic rings. The molecule has 0 spiro atoms. The normalized spacial score (nSPS) is 23.7. The first-order valence-electron chi connectivity index (χ1n) is 5.86. The molecule has 2 unspecified atom stereocenters. The average molecular weight is 253 g/mol. The molecule has 0 aliphatic carbocycles. The summed E-state index contributed by atoms with van der Waals surface area (Å²) in [6.45, 7) is 5.68. The zero-order chi connectivity index (χ0) is 12.4. The molecule has 1 amide bonds. The van der Waals surface area contributed by atoms with Crippen molar-refractivity contribution in [2.75, 3.05) is 18.4 Å². The Morgan fingerprint density at radius 3 is 2.82 bits per heavy atom. The number of benzene rings is 1. The lowest BCUT2D eigenvalue weighted by molar-refractivity contribution is -0.120. The predicted octanol–water partition coefficient (Wildman–Crippen LogP) is 2.44. The topological polar surface area (TPSA) is 41.1 Å². The van der Waals surface area contributed by atoms with Crippen molar-refractivity contribution in [3.8, 4) is 0 Å². The Hall–Kier alpha value is -1.06. The summed E-state index contributed by atoms with van der Waals surface area (Å²) in [5.74, 6) is 0.460. The summed E-state index contributed by atoms with van der Waals surface area (Å²) in [4.78, 5) is 12.1. The van der Waals surface area contributed by atoms with Crippen LogP contribution in [0.25, 0.3) is 0 Å². The van der Waals surface area contributed by atoms with E-state index in [1.807, 2.05) is 19.1 Å². The largest absolute Gasteiger partial charge is 0.324 e. The molecule has 0 saturated carbocycles. The fraction of sp³-hybridized carbons (Fsp3) is 0.462. The van der Waals surface area contributed by atoms with E-state index < -0.39 is 0 Å². The highest BCUT2D eigenvalue weighted by atomic mass is 35.5. The zero-order valence-corrected chi connectivity index (χ0v) is 10.8. The van der Waals surface area contributed by atoms with Gasteiger partial charge in [0.2, 0.25) is 5.91 Å². The molecule has 2 atom stereocenters. The molecule has 1 aromatic carbocycles. The van der Waals surface area contributed by atoms with Crippen molar-refractivity contribution >= 4 is 23.2 Å².